The quantitative estimate of drug-likeness (QED) is 0.475. The Labute approximate surface area is 140 Å². The molecule has 0 aliphatic rings. The van der Waals surface area contributed by atoms with Crippen LogP contribution in [0.1, 0.15) is 18.1 Å². The molecular formula is C14H13ClFIN4. The van der Waals surface area contributed by atoms with Gasteiger partial charge in [-0.3, -0.25) is 0 Å². The molecule has 1 unspecified atom stereocenters. The van der Waals surface area contributed by atoms with Crippen LogP contribution >= 0.6 is 34.2 Å². The first kappa shape index (κ1) is 14.8. The Balaban J connectivity index is 2.04. The molecule has 0 aliphatic heterocycles. The van der Waals surface area contributed by atoms with Crippen molar-refractivity contribution in [3.05, 3.63) is 46.1 Å². The van der Waals surface area contributed by atoms with Gasteiger partial charge in [0.05, 0.1) is 26.3 Å². The Kier molecular flexibility index (Phi) is 4.17. The molecule has 0 N–H and O–H groups in total. The van der Waals surface area contributed by atoms with Gasteiger partial charge in [-0.25, -0.2) is 14.4 Å². The monoisotopic (exact) mass is 418 g/mol. The first-order chi connectivity index (χ1) is 10.1. The van der Waals surface area contributed by atoms with E-state index in [2.05, 4.69) is 9.97 Å². The van der Waals surface area contributed by atoms with Crippen molar-refractivity contribution >= 4 is 45.2 Å². The van der Waals surface area contributed by atoms with E-state index in [4.69, 9.17) is 11.6 Å². The van der Waals surface area contributed by atoms with E-state index in [0.717, 1.165) is 23.4 Å². The molecule has 2 heterocycles. The Hall–Kier alpha value is -1.15. The summed E-state index contributed by atoms with van der Waals surface area (Å²) in [5.41, 5.74) is 1.55. The van der Waals surface area contributed by atoms with Gasteiger partial charge in [0.15, 0.2) is 0 Å². The second-order valence-electron chi connectivity index (χ2n) is 4.79. The molecule has 1 atom stereocenters. The maximum Gasteiger partial charge on any atom is 0.138 e. The fourth-order valence-corrected chi connectivity index (χ4v) is 2.93. The number of alkyl halides is 1. The van der Waals surface area contributed by atoms with Crippen molar-refractivity contribution in [2.45, 2.75) is 25.4 Å². The van der Waals surface area contributed by atoms with E-state index in [1.165, 1.54) is 6.07 Å². The molecule has 7 heteroatoms. The van der Waals surface area contributed by atoms with Crippen LogP contribution in [-0.2, 0) is 13.1 Å². The predicted octanol–water partition coefficient (Wildman–Crippen LogP) is 3.98. The molecule has 0 fully saturated rings. The molecule has 21 heavy (non-hydrogen) atoms. The van der Waals surface area contributed by atoms with Crippen molar-refractivity contribution in [3.63, 3.8) is 0 Å². The lowest BCUT2D eigenvalue weighted by molar-refractivity contribution is 0.567. The van der Waals surface area contributed by atoms with Gasteiger partial charge < -0.3 is 9.13 Å². The van der Waals surface area contributed by atoms with E-state index in [1.54, 1.807) is 18.6 Å². The van der Waals surface area contributed by atoms with Crippen LogP contribution in [0, 0.1) is 9.39 Å². The van der Waals surface area contributed by atoms with Crippen LogP contribution in [0.15, 0.2) is 30.9 Å². The van der Waals surface area contributed by atoms with Crippen LogP contribution in [0.4, 0.5) is 4.39 Å². The number of rotatable bonds is 4. The summed E-state index contributed by atoms with van der Waals surface area (Å²) in [5, 5.41) is -0.235. The predicted molar refractivity (Wildman–Crippen MR) is 88.9 cm³/mol. The number of hydrogen-bond donors (Lipinski definition) is 0. The molecular weight excluding hydrogens is 406 g/mol. The summed E-state index contributed by atoms with van der Waals surface area (Å²) in [6.45, 7) is 3.27. The largest absolute Gasteiger partial charge is 0.336 e. The van der Waals surface area contributed by atoms with Gasteiger partial charge in [-0.15, -0.1) is 11.6 Å². The summed E-state index contributed by atoms with van der Waals surface area (Å²) in [7, 11) is 0. The summed E-state index contributed by atoms with van der Waals surface area (Å²) in [4.78, 5) is 8.57. The maximum atomic E-state index is 13.9. The Morgan fingerprint density at radius 3 is 2.86 bits per heavy atom. The SMILES string of the molecule is CC(Cl)c1nc2cc(I)c(F)cc2n1CCn1ccnc1. The fourth-order valence-electron chi connectivity index (χ4n) is 2.31. The van der Waals surface area contributed by atoms with Crippen LogP contribution < -0.4 is 0 Å². The Morgan fingerprint density at radius 1 is 1.38 bits per heavy atom. The molecule has 4 nitrogen and oxygen atoms in total. The van der Waals surface area contributed by atoms with E-state index in [0.29, 0.717) is 10.1 Å². The summed E-state index contributed by atoms with van der Waals surface area (Å²) in [6.07, 6.45) is 5.39. The van der Waals surface area contributed by atoms with Gasteiger partial charge in [-0.1, -0.05) is 0 Å². The lowest BCUT2D eigenvalue weighted by Gasteiger charge is -2.11. The molecule has 0 amide bonds. The van der Waals surface area contributed by atoms with E-state index < -0.39 is 0 Å². The number of benzene rings is 1. The molecule has 1 aromatic carbocycles. The smallest absolute Gasteiger partial charge is 0.138 e. The second-order valence-corrected chi connectivity index (χ2v) is 6.61. The number of aryl methyl sites for hydroxylation is 2. The topological polar surface area (TPSA) is 35.6 Å². The number of fused-ring (bicyclic) bond motifs is 1. The van der Waals surface area contributed by atoms with Gasteiger partial charge >= 0.3 is 0 Å². The maximum absolute atomic E-state index is 13.9. The highest BCUT2D eigenvalue weighted by Gasteiger charge is 2.16. The van der Waals surface area contributed by atoms with Crippen LogP contribution in [-0.4, -0.2) is 19.1 Å². The van der Waals surface area contributed by atoms with Crippen molar-refractivity contribution in [2.24, 2.45) is 0 Å². The van der Waals surface area contributed by atoms with E-state index in [9.17, 15) is 4.39 Å². The molecule has 0 radical (unpaired) electrons. The lowest BCUT2D eigenvalue weighted by Crippen LogP contribution is -2.10. The van der Waals surface area contributed by atoms with Gasteiger partial charge in [0.2, 0.25) is 0 Å². The molecule has 0 bridgehead atoms. The van der Waals surface area contributed by atoms with Crippen LogP contribution in [0.25, 0.3) is 11.0 Å². The zero-order valence-electron chi connectivity index (χ0n) is 11.3. The average Bonchev–Trinajstić information content (AvgIpc) is 3.05. The number of nitrogens with zero attached hydrogens (tertiary/aromatic N) is 4. The standard InChI is InChI=1S/C14H13ClFIN4/c1-9(15)14-19-12-7-11(17)10(16)6-13(12)21(14)5-4-20-3-2-18-8-20/h2-3,6-9H,4-5H2,1H3. The summed E-state index contributed by atoms with van der Waals surface area (Å²) >= 11 is 8.19. The molecule has 2 aromatic heterocycles. The molecule has 0 aliphatic carbocycles. The molecule has 0 saturated heterocycles. The van der Waals surface area contributed by atoms with E-state index >= 15 is 0 Å². The molecule has 3 rings (SSSR count). The van der Waals surface area contributed by atoms with Crippen molar-refractivity contribution in [1.29, 1.82) is 0 Å². The van der Waals surface area contributed by atoms with Crippen molar-refractivity contribution in [1.82, 2.24) is 19.1 Å². The van der Waals surface area contributed by atoms with Gasteiger partial charge in [0.25, 0.3) is 0 Å². The van der Waals surface area contributed by atoms with Crippen LogP contribution in [0.2, 0.25) is 0 Å². The zero-order valence-corrected chi connectivity index (χ0v) is 14.2. The third-order valence-electron chi connectivity index (χ3n) is 3.32. The third-order valence-corrected chi connectivity index (χ3v) is 4.34. The molecule has 3 aromatic rings. The first-order valence-electron chi connectivity index (χ1n) is 6.51. The van der Waals surface area contributed by atoms with Crippen molar-refractivity contribution < 1.29 is 4.39 Å². The summed E-state index contributed by atoms with van der Waals surface area (Å²) < 4.78 is 18.4. The minimum Gasteiger partial charge on any atom is -0.336 e. The highest BCUT2D eigenvalue weighted by molar-refractivity contribution is 14.1. The molecule has 0 saturated carbocycles. The van der Waals surface area contributed by atoms with Gasteiger partial charge in [-0.05, 0) is 35.6 Å². The summed E-state index contributed by atoms with van der Waals surface area (Å²) in [5.74, 6) is 0.522. The van der Waals surface area contributed by atoms with Gasteiger partial charge in [-0.2, -0.15) is 0 Å². The zero-order chi connectivity index (χ0) is 15.0. The van der Waals surface area contributed by atoms with Crippen LogP contribution in [0.3, 0.4) is 0 Å². The van der Waals surface area contributed by atoms with E-state index in [-0.39, 0.29) is 11.2 Å². The summed E-state index contributed by atoms with van der Waals surface area (Å²) in [6, 6.07) is 3.28. The minimum atomic E-state index is -0.236. The van der Waals surface area contributed by atoms with Crippen LogP contribution in [0.5, 0.6) is 0 Å². The normalized spacial score (nSPS) is 13.0. The Bertz CT molecular complexity index is 767. The highest BCUT2D eigenvalue weighted by atomic mass is 127. The molecule has 110 valence electrons. The number of imidazole rings is 2. The number of halogens is 3. The first-order valence-corrected chi connectivity index (χ1v) is 8.03. The fraction of sp³-hybridized carbons (Fsp3) is 0.286. The highest BCUT2D eigenvalue weighted by Crippen LogP contribution is 2.27. The minimum absolute atomic E-state index is 0.235. The van der Waals surface area contributed by atoms with Gasteiger partial charge in [0, 0.05) is 31.5 Å². The average molecular weight is 419 g/mol. The number of aromatic nitrogens is 4. The van der Waals surface area contributed by atoms with Crippen molar-refractivity contribution in [3.8, 4) is 0 Å². The molecule has 0 spiro atoms. The third kappa shape index (κ3) is 2.91. The Morgan fingerprint density at radius 2 is 2.19 bits per heavy atom. The lowest BCUT2D eigenvalue weighted by atomic mass is 10.3. The second kappa shape index (κ2) is 5.92. The van der Waals surface area contributed by atoms with Gasteiger partial charge in [0.1, 0.15) is 11.6 Å². The van der Waals surface area contributed by atoms with E-state index in [1.807, 2.05) is 44.8 Å². The van der Waals surface area contributed by atoms with Crippen molar-refractivity contribution in [2.75, 3.05) is 0 Å². The number of hydrogen-bond acceptors (Lipinski definition) is 2.